The third-order valence-electron chi connectivity index (χ3n) is 4.48. The first kappa shape index (κ1) is 23.8. The van der Waals surface area contributed by atoms with Crippen molar-refractivity contribution in [3.63, 3.8) is 0 Å². The number of rotatable bonds is 6. The van der Waals surface area contributed by atoms with Crippen LogP contribution in [0.1, 0.15) is 29.4 Å². The van der Waals surface area contributed by atoms with E-state index in [1.807, 2.05) is 61.8 Å². The van der Waals surface area contributed by atoms with E-state index in [1.54, 1.807) is 12.1 Å². The minimum absolute atomic E-state index is 0. The van der Waals surface area contributed by atoms with Gasteiger partial charge in [-0.25, -0.2) is 19.0 Å². The molecule has 30 heavy (non-hydrogen) atoms. The van der Waals surface area contributed by atoms with Crippen LogP contribution in [-0.4, -0.2) is 39.2 Å². The Kier molecular flexibility index (Phi) is 8.76. The van der Waals surface area contributed by atoms with Crippen LogP contribution < -0.4 is 5.32 Å². The van der Waals surface area contributed by atoms with Crippen LogP contribution in [0.15, 0.2) is 53.7 Å². The minimum atomic E-state index is -0.228. The Morgan fingerprint density at radius 2 is 1.83 bits per heavy atom. The molecule has 0 aliphatic rings. The van der Waals surface area contributed by atoms with Crippen molar-refractivity contribution in [3.8, 4) is 5.82 Å². The summed E-state index contributed by atoms with van der Waals surface area (Å²) in [6.07, 6.45) is 1.83. The van der Waals surface area contributed by atoms with E-state index in [0.717, 1.165) is 40.8 Å². The quantitative estimate of drug-likeness (QED) is 0.299. The number of aromatic nitrogens is 3. The molecule has 1 aromatic carbocycles. The average molecular weight is 522 g/mol. The van der Waals surface area contributed by atoms with E-state index in [0.29, 0.717) is 13.1 Å². The number of benzene rings is 1. The van der Waals surface area contributed by atoms with Gasteiger partial charge in [-0.05, 0) is 56.2 Å². The molecule has 0 fully saturated rings. The molecule has 0 amide bonds. The van der Waals surface area contributed by atoms with E-state index < -0.39 is 0 Å². The third kappa shape index (κ3) is 6.25. The molecule has 3 aromatic rings. The van der Waals surface area contributed by atoms with Crippen LogP contribution >= 0.6 is 24.0 Å². The molecule has 2 aromatic heterocycles. The Hall–Kier alpha value is -2.49. The number of nitrogens with one attached hydrogen (secondary N) is 1. The highest BCUT2D eigenvalue weighted by Gasteiger charge is 2.08. The maximum Gasteiger partial charge on any atom is 0.194 e. The van der Waals surface area contributed by atoms with Crippen molar-refractivity contribution >= 4 is 29.9 Å². The highest BCUT2D eigenvalue weighted by atomic mass is 127. The van der Waals surface area contributed by atoms with E-state index in [9.17, 15) is 4.39 Å². The van der Waals surface area contributed by atoms with E-state index in [4.69, 9.17) is 4.99 Å². The molecule has 0 saturated heterocycles. The highest BCUT2D eigenvalue weighted by molar-refractivity contribution is 14.0. The van der Waals surface area contributed by atoms with E-state index >= 15 is 0 Å². The van der Waals surface area contributed by atoms with Gasteiger partial charge in [0.2, 0.25) is 0 Å². The van der Waals surface area contributed by atoms with Gasteiger partial charge in [0.1, 0.15) is 5.82 Å². The zero-order valence-corrected chi connectivity index (χ0v) is 20.1. The zero-order chi connectivity index (χ0) is 20.8. The fourth-order valence-electron chi connectivity index (χ4n) is 3.07. The van der Waals surface area contributed by atoms with Crippen LogP contribution in [0.5, 0.6) is 0 Å². The number of hydrogen-bond acceptors (Lipinski definition) is 3. The smallest absolute Gasteiger partial charge is 0.194 e. The predicted octanol–water partition coefficient (Wildman–Crippen LogP) is 4.24. The monoisotopic (exact) mass is 522 g/mol. The van der Waals surface area contributed by atoms with Crippen LogP contribution in [0.3, 0.4) is 0 Å². The minimum Gasteiger partial charge on any atom is -0.357 e. The van der Waals surface area contributed by atoms with Crippen molar-refractivity contribution in [1.29, 1.82) is 0 Å². The molecule has 160 valence electrons. The number of pyridine rings is 1. The second kappa shape index (κ2) is 11.1. The first-order valence-electron chi connectivity index (χ1n) is 9.68. The molecule has 1 N–H and O–H groups in total. The van der Waals surface area contributed by atoms with Crippen molar-refractivity contribution in [2.75, 3.05) is 13.6 Å². The summed E-state index contributed by atoms with van der Waals surface area (Å²) in [5.74, 6) is 1.36. The van der Waals surface area contributed by atoms with Crippen LogP contribution in [0, 0.1) is 19.7 Å². The van der Waals surface area contributed by atoms with Crippen LogP contribution in [-0.2, 0) is 13.1 Å². The van der Waals surface area contributed by atoms with Gasteiger partial charge in [0, 0.05) is 32.0 Å². The van der Waals surface area contributed by atoms with Gasteiger partial charge >= 0.3 is 0 Å². The second-order valence-electron chi connectivity index (χ2n) is 7.02. The average Bonchev–Trinajstić information content (AvgIpc) is 3.05. The highest BCUT2D eigenvalue weighted by Crippen LogP contribution is 2.11. The topological polar surface area (TPSA) is 58.3 Å². The summed E-state index contributed by atoms with van der Waals surface area (Å²) in [6, 6.07) is 12.5. The van der Waals surface area contributed by atoms with Crippen LogP contribution in [0.25, 0.3) is 5.82 Å². The van der Waals surface area contributed by atoms with Gasteiger partial charge in [0.15, 0.2) is 11.8 Å². The number of aryl methyl sites for hydroxylation is 2. The molecule has 0 aliphatic carbocycles. The summed E-state index contributed by atoms with van der Waals surface area (Å²) in [5.41, 5.74) is 4.06. The molecular weight excluding hydrogens is 494 g/mol. The molecule has 0 saturated carbocycles. The normalized spacial score (nSPS) is 11.2. The largest absolute Gasteiger partial charge is 0.357 e. The van der Waals surface area contributed by atoms with Crippen LogP contribution in [0.2, 0.25) is 0 Å². The standard InChI is InChI=1S/C22H27FN6.HI/c1-5-24-22(28(4)15-18-6-9-20(23)10-7-18)26-14-19-8-11-21(25-13-19)29-17(3)12-16(2)27-29;/h6-13H,5,14-15H2,1-4H3,(H,24,26);1H. The van der Waals surface area contributed by atoms with Gasteiger partial charge < -0.3 is 10.2 Å². The maximum absolute atomic E-state index is 13.1. The van der Waals surface area contributed by atoms with Gasteiger partial charge in [-0.3, -0.25) is 0 Å². The first-order chi connectivity index (χ1) is 14.0. The number of aliphatic imine (C=N–C) groups is 1. The summed E-state index contributed by atoms with van der Waals surface area (Å²) in [6.45, 7) is 7.94. The Labute approximate surface area is 194 Å². The van der Waals surface area contributed by atoms with Gasteiger partial charge in [0.25, 0.3) is 0 Å². The predicted molar refractivity (Wildman–Crippen MR) is 129 cm³/mol. The molecule has 0 spiro atoms. The fourth-order valence-corrected chi connectivity index (χ4v) is 3.07. The lowest BCUT2D eigenvalue weighted by atomic mass is 10.2. The van der Waals surface area contributed by atoms with Gasteiger partial charge in [0.05, 0.1) is 12.2 Å². The van der Waals surface area contributed by atoms with E-state index in [1.165, 1.54) is 12.1 Å². The molecule has 0 aliphatic heterocycles. The van der Waals surface area contributed by atoms with Gasteiger partial charge in [-0.15, -0.1) is 24.0 Å². The second-order valence-corrected chi connectivity index (χ2v) is 7.02. The number of nitrogens with zero attached hydrogens (tertiary/aromatic N) is 5. The van der Waals surface area contributed by atoms with Crippen molar-refractivity contribution < 1.29 is 4.39 Å². The molecule has 0 atom stereocenters. The molecule has 3 rings (SSSR count). The Balaban J connectivity index is 0.00000320. The number of hydrogen-bond donors (Lipinski definition) is 1. The number of halogens is 2. The summed E-state index contributed by atoms with van der Waals surface area (Å²) in [4.78, 5) is 11.3. The first-order valence-corrected chi connectivity index (χ1v) is 9.68. The Morgan fingerprint density at radius 3 is 2.40 bits per heavy atom. The van der Waals surface area contributed by atoms with Crippen molar-refractivity contribution in [1.82, 2.24) is 25.0 Å². The summed E-state index contributed by atoms with van der Waals surface area (Å²) in [7, 11) is 1.97. The van der Waals surface area contributed by atoms with Crippen molar-refractivity contribution in [3.05, 3.63) is 77.0 Å². The van der Waals surface area contributed by atoms with E-state index in [-0.39, 0.29) is 29.8 Å². The van der Waals surface area contributed by atoms with Crippen molar-refractivity contribution in [2.24, 2.45) is 4.99 Å². The molecule has 0 bridgehead atoms. The Bertz CT molecular complexity index is 966. The lowest BCUT2D eigenvalue weighted by Gasteiger charge is -2.22. The molecule has 2 heterocycles. The molecule has 8 heteroatoms. The fraction of sp³-hybridized carbons (Fsp3) is 0.318. The summed E-state index contributed by atoms with van der Waals surface area (Å²) >= 11 is 0. The maximum atomic E-state index is 13.1. The SMILES string of the molecule is CCNC(=NCc1ccc(-n2nc(C)cc2C)nc1)N(C)Cc1ccc(F)cc1.I. The van der Waals surface area contributed by atoms with Gasteiger partial charge in [-0.2, -0.15) is 5.10 Å². The van der Waals surface area contributed by atoms with Crippen molar-refractivity contribution in [2.45, 2.75) is 33.9 Å². The lowest BCUT2D eigenvalue weighted by molar-refractivity contribution is 0.476. The summed E-state index contributed by atoms with van der Waals surface area (Å²) < 4.78 is 14.9. The molecule has 6 nitrogen and oxygen atoms in total. The van der Waals surface area contributed by atoms with Gasteiger partial charge in [-0.1, -0.05) is 18.2 Å². The molecular formula is C22H28FIN6. The van der Waals surface area contributed by atoms with E-state index in [2.05, 4.69) is 15.4 Å². The zero-order valence-electron chi connectivity index (χ0n) is 17.8. The molecule has 0 unspecified atom stereocenters. The molecule has 0 radical (unpaired) electrons. The lowest BCUT2D eigenvalue weighted by Crippen LogP contribution is -2.38. The number of guanidine groups is 1. The third-order valence-corrected chi connectivity index (χ3v) is 4.48. The summed E-state index contributed by atoms with van der Waals surface area (Å²) in [5, 5.41) is 7.76. The Morgan fingerprint density at radius 1 is 1.13 bits per heavy atom. The van der Waals surface area contributed by atoms with Crippen LogP contribution in [0.4, 0.5) is 4.39 Å².